The third kappa shape index (κ3) is 4.90. The zero-order chi connectivity index (χ0) is 20.8. The van der Waals surface area contributed by atoms with Gasteiger partial charge >= 0.3 is 5.97 Å². The Bertz CT molecular complexity index is 1150. The summed E-state index contributed by atoms with van der Waals surface area (Å²) < 4.78 is 5.78. The van der Waals surface area contributed by atoms with Gasteiger partial charge in [0, 0.05) is 17.6 Å². The van der Waals surface area contributed by atoms with Crippen LogP contribution >= 0.6 is 0 Å². The van der Waals surface area contributed by atoms with Crippen molar-refractivity contribution in [2.75, 3.05) is 10.6 Å². The number of carboxylic acids is 1. The van der Waals surface area contributed by atoms with Gasteiger partial charge in [-0.2, -0.15) is 4.98 Å². The molecule has 7 heteroatoms. The molecule has 0 aliphatic heterocycles. The summed E-state index contributed by atoms with van der Waals surface area (Å²) in [6.45, 7) is 0. The molecule has 4 aromatic rings. The maximum absolute atomic E-state index is 11.1. The SMILES string of the molecule is O=C(O)c1cccc(Nc2ccnc(Nc3ccc(Oc4ccccc4)cc3)n2)c1. The van der Waals surface area contributed by atoms with E-state index in [9.17, 15) is 4.79 Å². The highest BCUT2D eigenvalue weighted by atomic mass is 16.5. The standard InChI is InChI=1S/C23H18N4O3/c28-22(29)16-5-4-6-18(15-16)25-21-13-14-24-23(27-21)26-17-9-11-20(12-10-17)30-19-7-2-1-3-8-19/h1-15H,(H,28,29)(H2,24,25,26,27). The van der Waals surface area contributed by atoms with Crippen LogP contribution in [-0.2, 0) is 0 Å². The molecule has 0 saturated heterocycles. The molecule has 0 aliphatic carbocycles. The Balaban J connectivity index is 1.43. The summed E-state index contributed by atoms with van der Waals surface area (Å²) in [5.74, 6) is 1.46. The summed E-state index contributed by atoms with van der Waals surface area (Å²) in [7, 11) is 0. The monoisotopic (exact) mass is 398 g/mol. The molecule has 0 fully saturated rings. The van der Waals surface area contributed by atoms with Crippen LogP contribution in [0.15, 0.2) is 91.1 Å². The normalized spacial score (nSPS) is 10.3. The molecule has 148 valence electrons. The first-order valence-corrected chi connectivity index (χ1v) is 9.19. The molecule has 30 heavy (non-hydrogen) atoms. The first-order chi connectivity index (χ1) is 14.7. The number of nitrogens with zero attached hydrogens (tertiary/aromatic N) is 2. The van der Waals surface area contributed by atoms with Gasteiger partial charge in [-0.15, -0.1) is 0 Å². The highest BCUT2D eigenvalue weighted by Gasteiger charge is 2.05. The molecule has 0 atom stereocenters. The molecule has 0 unspecified atom stereocenters. The number of ether oxygens (including phenoxy) is 1. The van der Waals surface area contributed by atoms with E-state index in [4.69, 9.17) is 9.84 Å². The predicted octanol–water partition coefficient (Wildman–Crippen LogP) is 5.45. The Kier molecular flexibility index (Phi) is 5.52. The molecule has 0 bridgehead atoms. The Hall–Kier alpha value is -4.39. The first kappa shape index (κ1) is 18.9. The van der Waals surface area contributed by atoms with E-state index in [0.717, 1.165) is 17.2 Å². The lowest BCUT2D eigenvalue weighted by Gasteiger charge is -2.10. The number of anilines is 4. The van der Waals surface area contributed by atoms with Crippen LogP contribution in [0.5, 0.6) is 11.5 Å². The van der Waals surface area contributed by atoms with E-state index in [2.05, 4.69) is 20.6 Å². The molecule has 1 heterocycles. The fraction of sp³-hybridized carbons (Fsp3) is 0. The number of hydrogen-bond acceptors (Lipinski definition) is 6. The second-order valence-electron chi connectivity index (χ2n) is 6.34. The maximum atomic E-state index is 11.1. The number of carbonyl (C=O) groups is 1. The number of aromatic nitrogens is 2. The van der Waals surface area contributed by atoms with Crippen molar-refractivity contribution in [1.82, 2.24) is 9.97 Å². The van der Waals surface area contributed by atoms with E-state index in [1.165, 1.54) is 6.07 Å². The van der Waals surface area contributed by atoms with E-state index in [1.54, 1.807) is 30.5 Å². The lowest BCUT2D eigenvalue weighted by atomic mass is 10.2. The van der Waals surface area contributed by atoms with Crippen LogP contribution in [0, 0.1) is 0 Å². The summed E-state index contributed by atoms with van der Waals surface area (Å²) in [5.41, 5.74) is 1.63. The van der Waals surface area contributed by atoms with Crippen molar-refractivity contribution in [2.45, 2.75) is 0 Å². The molecule has 0 saturated carbocycles. The highest BCUT2D eigenvalue weighted by molar-refractivity contribution is 5.89. The van der Waals surface area contributed by atoms with Crippen LogP contribution in [0.4, 0.5) is 23.1 Å². The summed E-state index contributed by atoms with van der Waals surface area (Å²) in [4.78, 5) is 19.8. The topological polar surface area (TPSA) is 96.4 Å². The Morgan fingerprint density at radius 1 is 0.800 bits per heavy atom. The van der Waals surface area contributed by atoms with E-state index in [0.29, 0.717) is 17.5 Å². The van der Waals surface area contributed by atoms with Crippen molar-refractivity contribution in [3.63, 3.8) is 0 Å². The minimum atomic E-state index is -0.983. The number of para-hydroxylation sites is 1. The first-order valence-electron chi connectivity index (χ1n) is 9.19. The van der Waals surface area contributed by atoms with Crippen LogP contribution in [0.1, 0.15) is 10.4 Å². The van der Waals surface area contributed by atoms with Crippen LogP contribution in [0.25, 0.3) is 0 Å². The molecule has 0 spiro atoms. The number of hydrogen-bond donors (Lipinski definition) is 3. The molecular formula is C23H18N4O3. The van der Waals surface area contributed by atoms with Crippen LogP contribution in [0.3, 0.4) is 0 Å². The quantitative estimate of drug-likeness (QED) is 0.381. The number of aromatic carboxylic acids is 1. The van der Waals surface area contributed by atoms with Crippen LogP contribution in [-0.4, -0.2) is 21.0 Å². The van der Waals surface area contributed by atoms with Crippen LogP contribution in [0.2, 0.25) is 0 Å². The van der Waals surface area contributed by atoms with E-state index in [1.807, 2.05) is 54.6 Å². The van der Waals surface area contributed by atoms with Crippen molar-refractivity contribution in [3.8, 4) is 11.5 Å². The minimum Gasteiger partial charge on any atom is -0.478 e. The molecule has 3 N–H and O–H groups in total. The lowest BCUT2D eigenvalue weighted by Crippen LogP contribution is -2.01. The molecule has 4 rings (SSSR count). The van der Waals surface area contributed by atoms with Gasteiger partial charge in [-0.1, -0.05) is 24.3 Å². The Labute approximate surface area is 173 Å². The second kappa shape index (κ2) is 8.74. The molecule has 1 aromatic heterocycles. The third-order valence-corrected chi connectivity index (χ3v) is 4.13. The number of rotatable bonds is 7. The average molecular weight is 398 g/mol. The number of benzene rings is 3. The van der Waals surface area contributed by atoms with E-state index in [-0.39, 0.29) is 5.56 Å². The van der Waals surface area contributed by atoms with Crippen LogP contribution < -0.4 is 15.4 Å². The third-order valence-electron chi connectivity index (χ3n) is 4.13. The highest BCUT2D eigenvalue weighted by Crippen LogP contribution is 2.24. The smallest absolute Gasteiger partial charge is 0.335 e. The summed E-state index contributed by atoms with van der Waals surface area (Å²) in [6, 6.07) is 25.2. The van der Waals surface area contributed by atoms with Crippen molar-refractivity contribution >= 4 is 29.1 Å². The summed E-state index contributed by atoms with van der Waals surface area (Å²) >= 11 is 0. The number of carboxylic acid groups (broad SMARTS) is 1. The summed E-state index contributed by atoms with van der Waals surface area (Å²) in [6.07, 6.45) is 1.62. The largest absolute Gasteiger partial charge is 0.478 e. The zero-order valence-electron chi connectivity index (χ0n) is 15.8. The van der Waals surface area contributed by atoms with Gasteiger partial charge in [-0.25, -0.2) is 9.78 Å². The van der Waals surface area contributed by atoms with Gasteiger partial charge in [0.05, 0.1) is 5.56 Å². The van der Waals surface area contributed by atoms with Gasteiger partial charge in [0.15, 0.2) is 0 Å². The van der Waals surface area contributed by atoms with Crippen molar-refractivity contribution < 1.29 is 14.6 Å². The Morgan fingerprint density at radius 3 is 2.33 bits per heavy atom. The summed E-state index contributed by atoms with van der Waals surface area (Å²) in [5, 5.41) is 15.3. The second-order valence-corrected chi connectivity index (χ2v) is 6.34. The molecular weight excluding hydrogens is 380 g/mol. The van der Waals surface area contributed by atoms with E-state index >= 15 is 0 Å². The van der Waals surface area contributed by atoms with E-state index < -0.39 is 5.97 Å². The zero-order valence-corrected chi connectivity index (χ0v) is 15.8. The van der Waals surface area contributed by atoms with Crippen molar-refractivity contribution in [2.24, 2.45) is 0 Å². The van der Waals surface area contributed by atoms with Gasteiger partial charge in [0.1, 0.15) is 17.3 Å². The lowest BCUT2D eigenvalue weighted by molar-refractivity contribution is 0.0697. The van der Waals surface area contributed by atoms with Crippen molar-refractivity contribution in [3.05, 3.63) is 96.7 Å². The molecule has 0 aliphatic rings. The van der Waals surface area contributed by atoms with Gasteiger partial charge in [-0.3, -0.25) is 0 Å². The molecule has 0 amide bonds. The van der Waals surface area contributed by atoms with Gasteiger partial charge < -0.3 is 20.5 Å². The fourth-order valence-electron chi connectivity index (χ4n) is 2.73. The predicted molar refractivity (Wildman–Crippen MR) is 115 cm³/mol. The van der Waals surface area contributed by atoms with Gasteiger partial charge in [0.2, 0.25) is 5.95 Å². The maximum Gasteiger partial charge on any atom is 0.335 e. The fourth-order valence-corrected chi connectivity index (χ4v) is 2.73. The molecule has 7 nitrogen and oxygen atoms in total. The molecule has 3 aromatic carbocycles. The molecule has 0 radical (unpaired) electrons. The Morgan fingerprint density at radius 2 is 1.57 bits per heavy atom. The van der Waals surface area contributed by atoms with Gasteiger partial charge in [-0.05, 0) is 60.7 Å². The van der Waals surface area contributed by atoms with Gasteiger partial charge in [0.25, 0.3) is 0 Å². The average Bonchev–Trinajstić information content (AvgIpc) is 2.76. The van der Waals surface area contributed by atoms with Crippen molar-refractivity contribution in [1.29, 1.82) is 0 Å². The number of nitrogens with one attached hydrogen (secondary N) is 2. The minimum absolute atomic E-state index is 0.199.